The van der Waals surface area contributed by atoms with E-state index < -0.39 is 0 Å². The van der Waals surface area contributed by atoms with Gasteiger partial charge in [0.2, 0.25) is 5.91 Å². The van der Waals surface area contributed by atoms with Crippen molar-refractivity contribution in [1.82, 2.24) is 9.80 Å². The minimum absolute atomic E-state index is 0.116. The molecule has 1 aromatic rings. The Bertz CT molecular complexity index is 565. The number of piperidine rings is 1. The van der Waals surface area contributed by atoms with E-state index in [9.17, 15) is 4.79 Å². The normalized spacial score (nSPS) is 28.1. The monoisotopic (exact) mass is 312 g/mol. The number of aryl methyl sites for hydroxylation is 1. The molecule has 2 heterocycles. The van der Waals surface area contributed by atoms with Gasteiger partial charge in [-0.2, -0.15) is 0 Å². The average Bonchev–Trinajstić information content (AvgIpc) is 3.24. The topological polar surface area (TPSA) is 23.6 Å². The molecule has 124 valence electrons. The summed E-state index contributed by atoms with van der Waals surface area (Å²) in [6.07, 6.45) is 8.38. The Morgan fingerprint density at radius 2 is 1.78 bits per heavy atom. The molecule has 3 aliphatic rings. The van der Waals surface area contributed by atoms with Crippen LogP contribution in [0.15, 0.2) is 24.3 Å². The Hall–Kier alpha value is -1.35. The van der Waals surface area contributed by atoms with E-state index in [2.05, 4.69) is 34.1 Å². The van der Waals surface area contributed by atoms with Crippen LogP contribution in [0.5, 0.6) is 0 Å². The van der Waals surface area contributed by atoms with Crippen LogP contribution in [0.1, 0.15) is 55.6 Å². The maximum absolute atomic E-state index is 13.3. The molecule has 1 amide bonds. The lowest BCUT2D eigenvalue weighted by atomic mass is 9.95. The molecule has 0 bridgehead atoms. The number of hydrogen-bond acceptors (Lipinski definition) is 2. The summed E-state index contributed by atoms with van der Waals surface area (Å²) >= 11 is 0. The summed E-state index contributed by atoms with van der Waals surface area (Å²) in [5.74, 6) is 0.518. The molecular formula is C20H28N2O. The molecule has 2 saturated heterocycles. The van der Waals surface area contributed by atoms with Gasteiger partial charge in [0.25, 0.3) is 0 Å². The molecule has 4 rings (SSSR count). The van der Waals surface area contributed by atoms with Crippen molar-refractivity contribution in [3.05, 3.63) is 35.4 Å². The van der Waals surface area contributed by atoms with Crippen LogP contribution >= 0.6 is 0 Å². The summed E-state index contributed by atoms with van der Waals surface area (Å²) in [7, 11) is 0. The van der Waals surface area contributed by atoms with Crippen molar-refractivity contribution in [2.45, 2.75) is 56.9 Å². The first-order chi connectivity index (χ1) is 11.3. The molecule has 2 aliphatic heterocycles. The van der Waals surface area contributed by atoms with E-state index in [4.69, 9.17) is 0 Å². The summed E-state index contributed by atoms with van der Waals surface area (Å²) in [5.41, 5.74) is 2.68. The third-order valence-electron chi connectivity index (χ3n) is 6.01. The van der Waals surface area contributed by atoms with Crippen LogP contribution in [0.2, 0.25) is 0 Å². The van der Waals surface area contributed by atoms with Gasteiger partial charge in [-0.3, -0.25) is 4.79 Å². The SMILES string of the molecule is O=C(C1CCc2ccccc21)N1CCCCC1CN1CCCC1. The molecule has 0 spiro atoms. The van der Waals surface area contributed by atoms with Gasteiger partial charge in [-0.05, 0) is 69.2 Å². The van der Waals surface area contributed by atoms with E-state index in [0.717, 1.165) is 25.9 Å². The smallest absolute Gasteiger partial charge is 0.230 e. The van der Waals surface area contributed by atoms with Crippen molar-refractivity contribution in [2.24, 2.45) is 0 Å². The molecule has 2 fully saturated rings. The van der Waals surface area contributed by atoms with E-state index in [0.29, 0.717) is 11.9 Å². The molecule has 0 saturated carbocycles. The third-order valence-corrected chi connectivity index (χ3v) is 6.01. The zero-order chi connectivity index (χ0) is 15.6. The van der Waals surface area contributed by atoms with Crippen LogP contribution in [-0.4, -0.2) is 47.9 Å². The highest BCUT2D eigenvalue weighted by molar-refractivity contribution is 5.85. The fraction of sp³-hybridized carbons (Fsp3) is 0.650. The molecule has 3 heteroatoms. The number of nitrogens with zero attached hydrogens (tertiary/aromatic N) is 2. The van der Waals surface area contributed by atoms with Crippen molar-refractivity contribution < 1.29 is 4.79 Å². The zero-order valence-electron chi connectivity index (χ0n) is 14.0. The number of likely N-dealkylation sites (tertiary alicyclic amines) is 2. The molecule has 0 radical (unpaired) electrons. The second kappa shape index (κ2) is 6.64. The van der Waals surface area contributed by atoms with E-state index in [1.54, 1.807) is 0 Å². The van der Waals surface area contributed by atoms with E-state index in [1.165, 1.54) is 56.3 Å². The van der Waals surface area contributed by atoms with Gasteiger partial charge >= 0.3 is 0 Å². The van der Waals surface area contributed by atoms with Gasteiger partial charge in [-0.15, -0.1) is 0 Å². The van der Waals surface area contributed by atoms with Crippen LogP contribution in [0.3, 0.4) is 0 Å². The minimum Gasteiger partial charge on any atom is -0.338 e. The number of fused-ring (bicyclic) bond motifs is 1. The number of benzene rings is 1. The van der Waals surface area contributed by atoms with Gasteiger partial charge in [-0.1, -0.05) is 24.3 Å². The fourth-order valence-corrected chi connectivity index (χ4v) is 4.76. The molecule has 1 aromatic carbocycles. The lowest BCUT2D eigenvalue weighted by molar-refractivity contribution is -0.137. The Kier molecular flexibility index (Phi) is 4.39. The number of carbonyl (C=O) groups is 1. The van der Waals surface area contributed by atoms with Crippen LogP contribution in [0, 0.1) is 0 Å². The molecule has 0 aromatic heterocycles. The Morgan fingerprint density at radius 3 is 2.65 bits per heavy atom. The largest absolute Gasteiger partial charge is 0.338 e. The molecule has 2 atom stereocenters. The Balaban J connectivity index is 1.49. The van der Waals surface area contributed by atoms with Crippen LogP contribution in [0.4, 0.5) is 0 Å². The molecule has 3 nitrogen and oxygen atoms in total. The van der Waals surface area contributed by atoms with Crippen LogP contribution in [0.25, 0.3) is 0 Å². The molecule has 23 heavy (non-hydrogen) atoms. The van der Waals surface area contributed by atoms with Crippen molar-refractivity contribution in [1.29, 1.82) is 0 Å². The summed E-state index contributed by atoms with van der Waals surface area (Å²) in [4.78, 5) is 18.1. The summed E-state index contributed by atoms with van der Waals surface area (Å²) < 4.78 is 0. The van der Waals surface area contributed by atoms with Crippen LogP contribution < -0.4 is 0 Å². The second-order valence-corrected chi connectivity index (χ2v) is 7.48. The maximum Gasteiger partial charge on any atom is 0.230 e. The third kappa shape index (κ3) is 3.03. The van der Waals surface area contributed by atoms with Gasteiger partial charge in [0.1, 0.15) is 0 Å². The minimum atomic E-state index is 0.116. The lowest BCUT2D eigenvalue weighted by Crippen LogP contribution is -2.50. The molecule has 0 N–H and O–H groups in total. The number of amides is 1. The highest BCUT2D eigenvalue weighted by atomic mass is 16.2. The lowest BCUT2D eigenvalue weighted by Gasteiger charge is -2.39. The standard InChI is InChI=1S/C20H28N2O/c23-20(19-11-10-16-7-1-2-9-18(16)19)22-14-4-3-8-17(22)15-21-12-5-6-13-21/h1-2,7,9,17,19H,3-6,8,10-15H2. The number of rotatable bonds is 3. The highest BCUT2D eigenvalue weighted by Crippen LogP contribution is 2.35. The first-order valence-electron chi connectivity index (χ1n) is 9.43. The summed E-state index contributed by atoms with van der Waals surface area (Å²) in [6.45, 7) is 4.52. The fourth-order valence-electron chi connectivity index (χ4n) is 4.76. The molecule has 2 unspecified atom stereocenters. The van der Waals surface area contributed by atoms with E-state index >= 15 is 0 Å². The Morgan fingerprint density at radius 1 is 1.00 bits per heavy atom. The molecule has 1 aliphatic carbocycles. The van der Waals surface area contributed by atoms with E-state index in [-0.39, 0.29) is 5.92 Å². The van der Waals surface area contributed by atoms with Gasteiger partial charge < -0.3 is 9.80 Å². The van der Waals surface area contributed by atoms with Crippen molar-refractivity contribution in [3.63, 3.8) is 0 Å². The molecular weight excluding hydrogens is 284 g/mol. The van der Waals surface area contributed by atoms with E-state index in [1.807, 2.05) is 0 Å². The predicted molar refractivity (Wildman–Crippen MR) is 92.5 cm³/mol. The maximum atomic E-state index is 13.3. The predicted octanol–water partition coefficient (Wildman–Crippen LogP) is 3.19. The van der Waals surface area contributed by atoms with Crippen LogP contribution in [-0.2, 0) is 11.2 Å². The highest BCUT2D eigenvalue weighted by Gasteiger charge is 2.36. The second-order valence-electron chi connectivity index (χ2n) is 7.48. The quantitative estimate of drug-likeness (QED) is 0.856. The first kappa shape index (κ1) is 15.2. The summed E-state index contributed by atoms with van der Waals surface area (Å²) in [6, 6.07) is 9.00. The van der Waals surface area contributed by atoms with Crippen molar-refractivity contribution in [3.8, 4) is 0 Å². The average molecular weight is 312 g/mol. The van der Waals surface area contributed by atoms with Gasteiger partial charge in [-0.25, -0.2) is 0 Å². The summed E-state index contributed by atoms with van der Waals surface area (Å²) in [5, 5.41) is 0. The van der Waals surface area contributed by atoms with Gasteiger partial charge in [0.05, 0.1) is 5.92 Å². The van der Waals surface area contributed by atoms with Crippen molar-refractivity contribution >= 4 is 5.91 Å². The van der Waals surface area contributed by atoms with Gasteiger partial charge in [0, 0.05) is 19.1 Å². The zero-order valence-corrected chi connectivity index (χ0v) is 14.0. The van der Waals surface area contributed by atoms with Crippen molar-refractivity contribution in [2.75, 3.05) is 26.2 Å². The number of carbonyl (C=O) groups excluding carboxylic acids is 1. The number of hydrogen-bond donors (Lipinski definition) is 0. The Labute approximate surface area is 139 Å². The van der Waals surface area contributed by atoms with Gasteiger partial charge in [0.15, 0.2) is 0 Å². The first-order valence-corrected chi connectivity index (χ1v) is 9.43.